The van der Waals surface area contributed by atoms with Crippen molar-refractivity contribution < 1.29 is 4.42 Å². The Kier molecular flexibility index (Phi) is 8.96. The van der Waals surface area contributed by atoms with Crippen molar-refractivity contribution in [2.45, 2.75) is 5.41 Å². The summed E-state index contributed by atoms with van der Waals surface area (Å²) >= 11 is 0. The summed E-state index contributed by atoms with van der Waals surface area (Å²) in [7, 11) is 0. The molecule has 0 saturated carbocycles. The van der Waals surface area contributed by atoms with E-state index in [2.05, 4.69) is 247 Å². The van der Waals surface area contributed by atoms with E-state index >= 15 is 0 Å². The summed E-state index contributed by atoms with van der Waals surface area (Å²) in [4.78, 5) is 2.36. The molecule has 0 aliphatic heterocycles. The lowest BCUT2D eigenvalue weighted by molar-refractivity contribution is 0.670. The number of nitrogens with zero attached hydrogens (tertiary/aromatic N) is 2. The van der Waals surface area contributed by atoms with Crippen LogP contribution in [0.2, 0.25) is 0 Å². The molecular weight excluding hydrogens is 849 g/mol. The molecule has 10 aromatic carbocycles. The first-order valence-electron chi connectivity index (χ1n) is 24.0. The highest BCUT2D eigenvalue weighted by atomic mass is 16.3. The highest BCUT2D eigenvalue weighted by Crippen LogP contribution is 2.64. The highest BCUT2D eigenvalue weighted by Gasteiger charge is 2.52. The van der Waals surface area contributed by atoms with Gasteiger partial charge in [0.05, 0.1) is 22.1 Å². The van der Waals surface area contributed by atoms with Crippen LogP contribution >= 0.6 is 0 Å². The third-order valence-electron chi connectivity index (χ3n) is 14.8. The molecule has 0 atom stereocenters. The number of allylic oxidation sites excluding steroid dienone is 4. The Morgan fingerprint density at radius 2 is 1.04 bits per heavy atom. The van der Waals surface area contributed by atoms with E-state index in [1.165, 1.54) is 66.3 Å². The van der Waals surface area contributed by atoms with Crippen molar-refractivity contribution in [1.82, 2.24) is 4.57 Å². The summed E-state index contributed by atoms with van der Waals surface area (Å²) in [5, 5.41) is 4.72. The maximum atomic E-state index is 6.49. The first-order valence-corrected chi connectivity index (χ1v) is 24.0. The number of hydrogen-bond donors (Lipinski definition) is 0. The molecule has 2 heterocycles. The number of para-hydroxylation sites is 3. The monoisotopic (exact) mass is 892 g/mol. The first-order chi connectivity index (χ1) is 34.7. The van der Waals surface area contributed by atoms with Gasteiger partial charge in [-0.1, -0.05) is 207 Å². The number of fused-ring (bicyclic) bond motifs is 17. The zero-order valence-electron chi connectivity index (χ0n) is 38.3. The third-order valence-corrected chi connectivity index (χ3v) is 14.8. The quantitative estimate of drug-likeness (QED) is 0.142. The minimum atomic E-state index is -0.437. The molecule has 0 amide bonds. The summed E-state index contributed by atoms with van der Waals surface area (Å²) in [5.41, 5.74) is 21.8. The van der Waals surface area contributed by atoms with Gasteiger partial charge < -0.3 is 13.9 Å². The van der Waals surface area contributed by atoms with Crippen LogP contribution in [0.15, 0.2) is 266 Å². The van der Waals surface area contributed by atoms with E-state index in [-0.39, 0.29) is 0 Å². The lowest BCUT2D eigenvalue weighted by Crippen LogP contribution is -2.25. The van der Waals surface area contributed by atoms with E-state index < -0.39 is 5.41 Å². The van der Waals surface area contributed by atoms with Crippen molar-refractivity contribution in [1.29, 1.82) is 0 Å². The molecule has 0 saturated heterocycles. The lowest BCUT2D eigenvalue weighted by Gasteiger charge is -2.30. The van der Waals surface area contributed by atoms with Crippen molar-refractivity contribution in [3.63, 3.8) is 0 Å². The van der Waals surface area contributed by atoms with E-state index in [1.807, 2.05) is 24.3 Å². The second-order valence-electron chi connectivity index (χ2n) is 18.3. The predicted molar refractivity (Wildman–Crippen MR) is 292 cm³/mol. The fourth-order valence-electron chi connectivity index (χ4n) is 12.0. The Bertz CT molecular complexity index is 4080. The van der Waals surface area contributed by atoms with Crippen molar-refractivity contribution in [2.24, 2.45) is 0 Å². The van der Waals surface area contributed by atoms with E-state index in [0.29, 0.717) is 0 Å². The van der Waals surface area contributed by atoms with Crippen LogP contribution in [-0.4, -0.2) is 4.57 Å². The van der Waals surface area contributed by atoms with E-state index in [4.69, 9.17) is 4.42 Å². The number of rotatable bonds is 8. The molecule has 0 unspecified atom stereocenters. The maximum Gasteiger partial charge on any atom is 0.143 e. The van der Waals surface area contributed by atoms with E-state index in [0.717, 1.165) is 61.4 Å². The minimum absolute atomic E-state index is 0.437. The molecule has 328 valence electrons. The smallest absolute Gasteiger partial charge is 0.143 e. The van der Waals surface area contributed by atoms with Gasteiger partial charge >= 0.3 is 0 Å². The van der Waals surface area contributed by atoms with Gasteiger partial charge in [-0.25, -0.2) is 0 Å². The zero-order chi connectivity index (χ0) is 46.3. The summed E-state index contributed by atoms with van der Waals surface area (Å²) < 4.78 is 9.00. The van der Waals surface area contributed by atoms with Gasteiger partial charge in [0.1, 0.15) is 11.2 Å². The average Bonchev–Trinajstić information content (AvgIpc) is 4.15. The van der Waals surface area contributed by atoms with Crippen LogP contribution in [0.3, 0.4) is 0 Å². The van der Waals surface area contributed by atoms with Crippen LogP contribution in [0.1, 0.15) is 27.8 Å². The summed E-state index contributed by atoms with van der Waals surface area (Å²) in [6.45, 7) is 3.98. The lowest BCUT2D eigenvalue weighted by atomic mass is 9.70. The Hall–Kier alpha value is -9.18. The molecule has 3 nitrogen and oxygen atoms in total. The summed E-state index contributed by atoms with van der Waals surface area (Å²) in [6, 6.07) is 84.2. The summed E-state index contributed by atoms with van der Waals surface area (Å²) in [6.07, 6.45) is 8.04. The fraction of sp³-hybridized carbons (Fsp3) is 0.0149. The van der Waals surface area contributed by atoms with Crippen molar-refractivity contribution in [3.05, 3.63) is 289 Å². The zero-order valence-corrected chi connectivity index (χ0v) is 38.3. The van der Waals surface area contributed by atoms with Gasteiger partial charge in [0.15, 0.2) is 0 Å². The number of hydrogen-bond acceptors (Lipinski definition) is 2. The van der Waals surface area contributed by atoms with Crippen molar-refractivity contribution >= 4 is 60.8 Å². The molecule has 2 aliphatic carbocycles. The number of benzene rings is 10. The number of aromatic nitrogens is 1. The number of furan rings is 1. The molecule has 14 rings (SSSR count). The van der Waals surface area contributed by atoms with Crippen LogP contribution in [-0.2, 0) is 5.41 Å². The SMILES string of the molecule is C=C/C=C\C=C(/c1ccccc1)N(c1ccc(-c2cccc3c2oc2ccccc23)cc1)c1ccc(-n2c3ccccc3c3ccc4c(c32)-c2ccccc2C42c3ccccc3-c3ccccc32)cc1. The van der Waals surface area contributed by atoms with Gasteiger partial charge in [-0.15, -0.1) is 0 Å². The molecule has 3 heteroatoms. The molecule has 12 aromatic rings. The molecule has 70 heavy (non-hydrogen) atoms. The molecule has 0 fully saturated rings. The molecule has 1 spiro atoms. The van der Waals surface area contributed by atoms with Crippen LogP contribution in [0.4, 0.5) is 11.4 Å². The summed E-state index contributed by atoms with van der Waals surface area (Å²) in [5.74, 6) is 0. The van der Waals surface area contributed by atoms with Crippen LogP contribution < -0.4 is 4.90 Å². The Labute approximate surface area is 406 Å². The minimum Gasteiger partial charge on any atom is -0.455 e. The standard InChI is InChI=1S/C67H44N2O/c1-2-3-5-31-61(45-19-6-4-7-20-45)68(46-36-34-44(35-37-46)49-26-18-27-55-53-24-12-17-33-63(53)70-66(49)55)47-38-40-48(41-39-47)69-62-32-16-11-23-52(62)54-42-43-60-64(65(54)69)56-25-10-15-30-59(56)67(60)57-28-13-8-21-50(57)51-22-9-14-29-58(51)67/h2-43H,1H2/b5-3-,61-31+. The van der Waals surface area contributed by atoms with Gasteiger partial charge in [0, 0.05) is 49.7 Å². The first kappa shape index (κ1) is 39.9. The van der Waals surface area contributed by atoms with Gasteiger partial charge in [-0.3, -0.25) is 0 Å². The van der Waals surface area contributed by atoms with Crippen LogP contribution in [0, 0.1) is 0 Å². The molecular formula is C67H44N2O. The van der Waals surface area contributed by atoms with E-state index in [9.17, 15) is 0 Å². The molecule has 0 radical (unpaired) electrons. The molecule has 2 aliphatic rings. The second kappa shape index (κ2) is 15.7. The molecule has 0 N–H and O–H groups in total. The number of anilines is 2. The van der Waals surface area contributed by atoms with Crippen molar-refractivity contribution in [3.8, 4) is 39.1 Å². The third kappa shape index (κ3) is 5.70. The molecule has 0 bridgehead atoms. The second-order valence-corrected chi connectivity index (χ2v) is 18.3. The largest absolute Gasteiger partial charge is 0.455 e. The Morgan fingerprint density at radius 1 is 0.457 bits per heavy atom. The van der Waals surface area contributed by atoms with Crippen molar-refractivity contribution in [2.75, 3.05) is 4.90 Å². The van der Waals surface area contributed by atoms with Gasteiger partial charge in [0.25, 0.3) is 0 Å². The topological polar surface area (TPSA) is 21.3 Å². The van der Waals surface area contributed by atoms with Gasteiger partial charge in [-0.05, 0) is 105 Å². The van der Waals surface area contributed by atoms with Gasteiger partial charge in [0.2, 0.25) is 0 Å². The maximum absolute atomic E-state index is 6.49. The van der Waals surface area contributed by atoms with E-state index in [1.54, 1.807) is 0 Å². The Morgan fingerprint density at radius 3 is 1.77 bits per heavy atom. The van der Waals surface area contributed by atoms with Gasteiger partial charge in [-0.2, -0.15) is 0 Å². The van der Waals surface area contributed by atoms with Crippen LogP contribution in [0.5, 0.6) is 0 Å². The predicted octanol–water partition coefficient (Wildman–Crippen LogP) is 17.6. The fourth-order valence-corrected chi connectivity index (χ4v) is 12.0. The Balaban J connectivity index is 0.957. The average molecular weight is 893 g/mol. The highest BCUT2D eigenvalue weighted by molar-refractivity contribution is 6.17. The normalized spacial score (nSPS) is 13.3. The van der Waals surface area contributed by atoms with Crippen LogP contribution in [0.25, 0.3) is 88.5 Å². The molecule has 2 aromatic heterocycles.